The Kier molecular flexibility index (Phi) is 6.29. The van der Waals surface area contributed by atoms with Crippen LogP contribution in [0.5, 0.6) is 0 Å². The number of benzene rings is 1. The van der Waals surface area contributed by atoms with Crippen molar-refractivity contribution < 1.29 is 4.79 Å². The van der Waals surface area contributed by atoms with Crippen molar-refractivity contribution in [1.29, 1.82) is 0 Å². The first-order valence-corrected chi connectivity index (χ1v) is 9.34. The summed E-state index contributed by atoms with van der Waals surface area (Å²) >= 11 is 6.10. The van der Waals surface area contributed by atoms with Gasteiger partial charge in [-0.25, -0.2) is 4.98 Å². The minimum absolute atomic E-state index is 0.194. The van der Waals surface area contributed by atoms with E-state index in [0.29, 0.717) is 23.3 Å². The summed E-state index contributed by atoms with van der Waals surface area (Å²) in [7, 11) is 0. The zero-order valence-corrected chi connectivity index (χ0v) is 15.1. The molecule has 1 fully saturated rings. The monoisotopic (exact) mass is 357 g/mol. The van der Waals surface area contributed by atoms with Crippen molar-refractivity contribution in [2.75, 3.05) is 5.32 Å². The number of aromatic nitrogens is 1. The first-order valence-electron chi connectivity index (χ1n) is 8.96. The van der Waals surface area contributed by atoms with Gasteiger partial charge in [-0.2, -0.15) is 0 Å². The molecule has 3 rings (SSSR count). The van der Waals surface area contributed by atoms with Gasteiger partial charge in [0.05, 0.1) is 11.9 Å². The molecule has 132 valence electrons. The predicted octanol–water partition coefficient (Wildman–Crippen LogP) is 4.80. The maximum absolute atomic E-state index is 12.2. The highest BCUT2D eigenvalue weighted by Gasteiger charge is 2.13. The Morgan fingerprint density at radius 2 is 1.84 bits per heavy atom. The number of amides is 1. The standard InChI is InChI=1S/C20H24ClN3O/c21-18-10-6-5-7-15(18)13-23-20(25)19-12-11-17(14-22-19)24-16-8-3-1-2-4-9-16/h5-7,10-12,14,16,24H,1-4,8-9,13H2,(H,23,25). The van der Waals surface area contributed by atoms with E-state index in [9.17, 15) is 4.79 Å². The zero-order chi connectivity index (χ0) is 17.5. The lowest BCUT2D eigenvalue weighted by Gasteiger charge is -2.17. The van der Waals surface area contributed by atoms with Gasteiger partial charge in [-0.1, -0.05) is 55.5 Å². The Balaban J connectivity index is 1.54. The largest absolute Gasteiger partial charge is 0.381 e. The van der Waals surface area contributed by atoms with Crippen LogP contribution in [0, 0.1) is 0 Å². The smallest absolute Gasteiger partial charge is 0.270 e. The number of pyridine rings is 1. The lowest BCUT2D eigenvalue weighted by molar-refractivity contribution is 0.0946. The zero-order valence-electron chi connectivity index (χ0n) is 14.3. The first-order chi connectivity index (χ1) is 12.2. The van der Waals surface area contributed by atoms with Gasteiger partial charge < -0.3 is 10.6 Å². The predicted molar refractivity (Wildman–Crippen MR) is 102 cm³/mol. The molecule has 1 amide bonds. The number of nitrogens with zero attached hydrogens (tertiary/aromatic N) is 1. The van der Waals surface area contributed by atoms with Crippen LogP contribution < -0.4 is 10.6 Å². The second-order valence-electron chi connectivity index (χ2n) is 6.54. The maximum atomic E-state index is 12.2. The quantitative estimate of drug-likeness (QED) is 0.756. The molecule has 0 radical (unpaired) electrons. The van der Waals surface area contributed by atoms with E-state index >= 15 is 0 Å². The minimum Gasteiger partial charge on any atom is -0.381 e. The summed E-state index contributed by atoms with van der Waals surface area (Å²) in [5.41, 5.74) is 2.29. The van der Waals surface area contributed by atoms with Crippen LogP contribution in [0.15, 0.2) is 42.6 Å². The Morgan fingerprint density at radius 1 is 1.08 bits per heavy atom. The van der Waals surface area contributed by atoms with Gasteiger partial charge >= 0.3 is 0 Å². The van der Waals surface area contributed by atoms with Gasteiger partial charge in [-0.15, -0.1) is 0 Å². The third kappa shape index (κ3) is 5.20. The van der Waals surface area contributed by atoms with Crippen LogP contribution in [0.25, 0.3) is 0 Å². The van der Waals surface area contributed by atoms with Crippen molar-refractivity contribution in [3.8, 4) is 0 Å². The summed E-state index contributed by atoms with van der Waals surface area (Å²) < 4.78 is 0. The SMILES string of the molecule is O=C(NCc1ccccc1Cl)c1ccc(NC2CCCCCC2)cn1. The normalized spacial score (nSPS) is 15.4. The number of carbonyl (C=O) groups excluding carboxylic acids is 1. The number of nitrogens with one attached hydrogen (secondary N) is 2. The van der Waals surface area contributed by atoms with E-state index < -0.39 is 0 Å². The summed E-state index contributed by atoms with van der Waals surface area (Å²) in [6, 6.07) is 11.7. The lowest BCUT2D eigenvalue weighted by Crippen LogP contribution is -2.24. The second-order valence-corrected chi connectivity index (χ2v) is 6.95. The molecule has 1 saturated carbocycles. The molecule has 1 aliphatic rings. The van der Waals surface area contributed by atoms with Crippen molar-refractivity contribution >= 4 is 23.2 Å². The molecule has 25 heavy (non-hydrogen) atoms. The van der Waals surface area contributed by atoms with Gasteiger partial charge in [-0.3, -0.25) is 4.79 Å². The molecule has 2 N–H and O–H groups in total. The Labute approximate surface area is 154 Å². The molecule has 1 heterocycles. The van der Waals surface area contributed by atoms with Gasteiger partial charge in [0.25, 0.3) is 5.91 Å². The van der Waals surface area contributed by atoms with Gasteiger partial charge in [0.2, 0.25) is 0 Å². The molecule has 0 unspecified atom stereocenters. The number of carbonyl (C=O) groups is 1. The molecule has 0 aliphatic heterocycles. The number of anilines is 1. The third-order valence-electron chi connectivity index (χ3n) is 4.62. The van der Waals surface area contributed by atoms with E-state index in [1.54, 1.807) is 12.3 Å². The Bertz CT molecular complexity index is 694. The van der Waals surface area contributed by atoms with Gasteiger partial charge in [0.1, 0.15) is 5.69 Å². The molecule has 4 nitrogen and oxygen atoms in total. The van der Waals surface area contributed by atoms with Crippen molar-refractivity contribution in [2.45, 2.75) is 51.1 Å². The summed E-state index contributed by atoms with van der Waals surface area (Å²) in [6.07, 6.45) is 9.40. The molecule has 2 aromatic rings. The molecular formula is C20H24ClN3O. The van der Waals surface area contributed by atoms with E-state index in [4.69, 9.17) is 11.6 Å². The molecule has 0 spiro atoms. The molecule has 1 aliphatic carbocycles. The van der Waals surface area contributed by atoms with E-state index in [2.05, 4.69) is 15.6 Å². The van der Waals surface area contributed by atoms with E-state index in [-0.39, 0.29) is 5.91 Å². The van der Waals surface area contributed by atoms with Crippen molar-refractivity contribution in [3.05, 3.63) is 58.9 Å². The molecule has 1 aromatic carbocycles. The van der Waals surface area contributed by atoms with E-state index in [1.165, 1.54) is 38.5 Å². The number of hydrogen-bond acceptors (Lipinski definition) is 3. The molecular weight excluding hydrogens is 334 g/mol. The highest BCUT2D eigenvalue weighted by Crippen LogP contribution is 2.21. The fourth-order valence-electron chi connectivity index (χ4n) is 3.18. The number of hydrogen-bond donors (Lipinski definition) is 2. The topological polar surface area (TPSA) is 54.0 Å². The summed E-state index contributed by atoms with van der Waals surface area (Å²) in [5, 5.41) is 7.05. The van der Waals surface area contributed by atoms with Crippen LogP contribution in [0.1, 0.15) is 54.6 Å². The van der Waals surface area contributed by atoms with Gasteiger partial charge in [-0.05, 0) is 36.6 Å². The molecule has 1 aromatic heterocycles. The van der Waals surface area contributed by atoms with Crippen LogP contribution in [-0.2, 0) is 6.54 Å². The summed E-state index contributed by atoms with van der Waals surface area (Å²) in [5.74, 6) is -0.194. The molecule has 0 atom stereocenters. The third-order valence-corrected chi connectivity index (χ3v) is 4.99. The van der Waals surface area contributed by atoms with Gasteiger partial charge in [0.15, 0.2) is 0 Å². The van der Waals surface area contributed by atoms with Crippen molar-refractivity contribution in [1.82, 2.24) is 10.3 Å². The summed E-state index contributed by atoms with van der Waals surface area (Å²) in [6.45, 7) is 0.391. The Hall–Kier alpha value is -2.07. The minimum atomic E-state index is -0.194. The van der Waals surface area contributed by atoms with E-state index in [1.807, 2.05) is 30.3 Å². The number of rotatable bonds is 5. The van der Waals surface area contributed by atoms with Crippen LogP contribution >= 0.6 is 11.6 Å². The van der Waals surface area contributed by atoms with Crippen LogP contribution in [0.3, 0.4) is 0 Å². The average Bonchev–Trinajstić information content (AvgIpc) is 2.90. The fourth-order valence-corrected chi connectivity index (χ4v) is 3.38. The first kappa shape index (κ1) is 17.7. The van der Waals surface area contributed by atoms with Crippen LogP contribution in [-0.4, -0.2) is 16.9 Å². The highest BCUT2D eigenvalue weighted by atomic mass is 35.5. The van der Waals surface area contributed by atoms with Crippen LogP contribution in [0.2, 0.25) is 5.02 Å². The summed E-state index contributed by atoms with van der Waals surface area (Å²) in [4.78, 5) is 16.5. The molecule has 0 saturated heterocycles. The molecule has 0 bridgehead atoms. The maximum Gasteiger partial charge on any atom is 0.270 e. The average molecular weight is 358 g/mol. The van der Waals surface area contributed by atoms with Gasteiger partial charge in [0, 0.05) is 17.6 Å². The number of halogens is 1. The van der Waals surface area contributed by atoms with Crippen LogP contribution in [0.4, 0.5) is 5.69 Å². The fraction of sp³-hybridized carbons (Fsp3) is 0.400. The molecule has 5 heteroatoms. The Morgan fingerprint density at radius 3 is 2.52 bits per heavy atom. The second kappa shape index (κ2) is 8.86. The van der Waals surface area contributed by atoms with Crippen molar-refractivity contribution in [2.24, 2.45) is 0 Å². The lowest BCUT2D eigenvalue weighted by atomic mass is 10.1. The van der Waals surface area contributed by atoms with E-state index in [0.717, 1.165) is 11.3 Å². The van der Waals surface area contributed by atoms with Crippen molar-refractivity contribution in [3.63, 3.8) is 0 Å². The highest BCUT2D eigenvalue weighted by molar-refractivity contribution is 6.31.